The Morgan fingerprint density at radius 2 is 1.85 bits per heavy atom. The summed E-state index contributed by atoms with van der Waals surface area (Å²) in [6.07, 6.45) is 0.432. The summed E-state index contributed by atoms with van der Waals surface area (Å²) in [5.41, 5.74) is 0.847. The molecular formula is C7H5Cl4PS. The molecule has 0 unspecified atom stereocenters. The van der Waals surface area contributed by atoms with E-state index in [2.05, 4.69) is 0 Å². The van der Waals surface area contributed by atoms with Crippen molar-refractivity contribution in [2.24, 2.45) is 0 Å². The largest absolute Gasteiger partial charge is 0.124 e. The third kappa shape index (κ3) is 4.38. The summed E-state index contributed by atoms with van der Waals surface area (Å²) in [6, 6.07) is 5.18. The van der Waals surface area contributed by atoms with Gasteiger partial charge in [0, 0.05) is 16.2 Å². The highest BCUT2D eigenvalue weighted by molar-refractivity contribution is 8.38. The maximum absolute atomic E-state index is 5.91. The van der Waals surface area contributed by atoms with Crippen LogP contribution in [0.25, 0.3) is 0 Å². The van der Waals surface area contributed by atoms with Gasteiger partial charge in [-0.1, -0.05) is 63.6 Å². The summed E-state index contributed by atoms with van der Waals surface area (Å²) in [5, 5.41) is 1.15. The Balaban J connectivity index is 2.97. The normalized spacial score (nSPS) is 11.7. The molecule has 0 atom stereocenters. The van der Waals surface area contributed by atoms with Gasteiger partial charge in [0.25, 0.3) is 0 Å². The SMILES string of the molecule is S=P(Cl)(Cl)Cc1ccc(Cl)cc1Cl. The zero-order chi connectivity index (χ0) is 10.1. The standard InChI is InChI=1S/C7H5Cl4PS/c8-6-2-1-5(7(9)3-6)4-12(10,11)13/h1-3H,4H2. The lowest BCUT2D eigenvalue weighted by Gasteiger charge is -2.07. The Labute approximate surface area is 102 Å². The summed E-state index contributed by atoms with van der Waals surface area (Å²) in [4.78, 5) is 0. The Bertz CT molecular complexity index is 360. The number of hydrogen-bond donors (Lipinski definition) is 0. The average Bonchev–Trinajstić information content (AvgIpc) is 1.93. The predicted octanol–water partition coefficient (Wildman–Crippen LogP) is 5.28. The third-order valence-corrected chi connectivity index (χ3v) is 3.77. The van der Waals surface area contributed by atoms with Gasteiger partial charge in [-0.2, -0.15) is 0 Å². The number of halogens is 4. The quantitative estimate of drug-likeness (QED) is 0.669. The molecule has 0 bridgehead atoms. The van der Waals surface area contributed by atoms with Crippen molar-refractivity contribution in [2.75, 3.05) is 0 Å². The van der Waals surface area contributed by atoms with Gasteiger partial charge in [0.15, 0.2) is 0 Å². The summed E-state index contributed by atoms with van der Waals surface area (Å²) >= 11 is 28.1. The van der Waals surface area contributed by atoms with Gasteiger partial charge in [0.05, 0.1) is 0 Å². The van der Waals surface area contributed by atoms with E-state index in [0.717, 1.165) is 5.56 Å². The van der Waals surface area contributed by atoms with E-state index in [4.69, 9.17) is 57.5 Å². The van der Waals surface area contributed by atoms with Crippen LogP contribution >= 0.6 is 50.4 Å². The minimum absolute atomic E-state index is 0.432. The van der Waals surface area contributed by atoms with Crippen molar-refractivity contribution in [3.05, 3.63) is 33.8 Å². The van der Waals surface area contributed by atoms with Crippen LogP contribution in [0.5, 0.6) is 0 Å². The molecule has 0 heterocycles. The number of hydrogen-bond acceptors (Lipinski definition) is 1. The Morgan fingerprint density at radius 3 is 2.31 bits per heavy atom. The van der Waals surface area contributed by atoms with Crippen LogP contribution in [0.2, 0.25) is 10.0 Å². The van der Waals surface area contributed by atoms with Gasteiger partial charge < -0.3 is 0 Å². The highest BCUT2D eigenvalue weighted by Gasteiger charge is 2.12. The second-order valence-electron chi connectivity index (χ2n) is 2.46. The molecule has 0 aliphatic heterocycles. The number of rotatable bonds is 2. The van der Waals surface area contributed by atoms with E-state index in [0.29, 0.717) is 16.2 Å². The van der Waals surface area contributed by atoms with Crippen LogP contribution in [0, 0.1) is 0 Å². The fourth-order valence-electron chi connectivity index (χ4n) is 0.848. The maximum Gasteiger partial charge on any atom is 0.124 e. The molecule has 1 rings (SSSR count). The van der Waals surface area contributed by atoms with Crippen molar-refractivity contribution in [3.63, 3.8) is 0 Å². The molecule has 13 heavy (non-hydrogen) atoms. The minimum Gasteiger partial charge on any atom is -0.0843 e. The Morgan fingerprint density at radius 1 is 1.23 bits per heavy atom. The van der Waals surface area contributed by atoms with Crippen molar-refractivity contribution < 1.29 is 0 Å². The lowest BCUT2D eigenvalue weighted by Crippen LogP contribution is -1.82. The molecule has 0 aliphatic rings. The van der Waals surface area contributed by atoms with E-state index in [1.807, 2.05) is 0 Å². The fraction of sp³-hybridized carbons (Fsp3) is 0.143. The average molecular weight is 294 g/mol. The van der Waals surface area contributed by atoms with E-state index >= 15 is 0 Å². The highest BCUT2D eigenvalue weighted by atomic mass is 35.9. The minimum atomic E-state index is -2.28. The molecule has 0 fully saturated rings. The van der Waals surface area contributed by atoms with Gasteiger partial charge in [-0.3, -0.25) is 0 Å². The first kappa shape index (κ1) is 12.1. The molecule has 1 aromatic carbocycles. The Kier molecular flexibility index (Phi) is 4.38. The third-order valence-electron chi connectivity index (χ3n) is 1.37. The monoisotopic (exact) mass is 292 g/mol. The van der Waals surface area contributed by atoms with Crippen LogP contribution in [0.15, 0.2) is 18.2 Å². The van der Waals surface area contributed by atoms with Gasteiger partial charge >= 0.3 is 0 Å². The van der Waals surface area contributed by atoms with Crippen LogP contribution in [0.4, 0.5) is 0 Å². The van der Waals surface area contributed by atoms with Crippen molar-refractivity contribution in [3.8, 4) is 0 Å². The summed E-state index contributed by atoms with van der Waals surface area (Å²) in [6.45, 7) is 0. The van der Waals surface area contributed by atoms with Crippen LogP contribution < -0.4 is 0 Å². The van der Waals surface area contributed by atoms with Crippen molar-refractivity contribution >= 4 is 62.2 Å². The second-order valence-corrected chi connectivity index (χ2v) is 11.8. The molecule has 0 aliphatic carbocycles. The molecule has 1 aromatic rings. The number of benzene rings is 1. The fourth-order valence-corrected chi connectivity index (χ4v) is 3.28. The van der Waals surface area contributed by atoms with Crippen LogP contribution in [-0.2, 0) is 18.0 Å². The second kappa shape index (κ2) is 4.70. The van der Waals surface area contributed by atoms with Crippen LogP contribution in [-0.4, -0.2) is 0 Å². The topological polar surface area (TPSA) is 0 Å². The molecule has 0 saturated heterocycles. The molecule has 0 amide bonds. The first-order chi connectivity index (χ1) is 5.88. The van der Waals surface area contributed by atoms with Crippen LogP contribution in [0.1, 0.15) is 5.56 Å². The van der Waals surface area contributed by atoms with E-state index in [9.17, 15) is 0 Å². The molecule has 72 valence electrons. The molecule has 0 aromatic heterocycles. The van der Waals surface area contributed by atoms with Crippen LogP contribution in [0.3, 0.4) is 0 Å². The zero-order valence-corrected chi connectivity index (χ0v) is 11.0. The molecule has 0 spiro atoms. The lowest BCUT2D eigenvalue weighted by molar-refractivity contribution is 1.41. The molecule has 0 radical (unpaired) electrons. The maximum atomic E-state index is 5.91. The smallest absolute Gasteiger partial charge is 0.0843 e. The van der Waals surface area contributed by atoms with Crippen molar-refractivity contribution in [1.82, 2.24) is 0 Å². The van der Waals surface area contributed by atoms with Gasteiger partial charge in [-0.15, -0.1) is 0 Å². The summed E-state index contributed by atoms with van der Waals surface area (Å²) in [7, 11) is 0. The first-order valence-corrected chi connectivity index (χ1v) is 8.86. The van der Waals surface area contributed by atoms with E-state index in [-0.39, 0.29) is 0 Å². The van der Waals surface area contributed by atoms with E-state index < -0.39 is 4.74 Å². The molecule has 0 saturated carbocycles. The zero-order valence-electron chi connectivity index (χ0n) is 6.31. The van der Waals surface area contributed by atoms with Gasteiger partial charge in [0.1, 0.15) is 4.74 Å². The Hall–Kier alpha value is 1.03. The molecule has 0 nitrogen and oxygen atoms in total. The van der Waals surface area contributed by atoms with Crippen molar-refractivity contribution in [2.45, 2.75) is 6.16 Å². The summed E-state index contributed by atoms with van der Waals surface area (Å²) in [5.74, 6) is 0. The van der Waals surface area contributed by atoms with Gasteiger partial charge in [0.2, 0.25) is 0 Å². The van der Waals surface area contributed by atoms with E-state index in [1.54, 1.807) is 18.2 Å². The molecular weight excluding hydrogens is 289 g/mol. The predicted molar refractivity (Wildman–Crippen MR) is 66.2 cm³/mol. The summed E-state index contributed by atoms with van der Waals surface area (Å²) < 4.78 is -2.28. The highest BCUT2D eigenvalue weighted by Crippen LogP contribution is 2.60. The lowest BCUT2D eigenvalue weighted by atomic mass is 10.2. The first-order valence-electron chi connectivity index (χ1n) is 3.31. The van der Waals surface area contributed by atoms with E-state index in [1.165, 1.54) is 0 Å². The van der Waals surface area contributed by atoms with Gasteiger partial charge in [-0.25, -0.2) is 0 Å². The van der Waals surface area contributed by atoms with Crippen molar-refractivity contribution in [1.29, 1.82) is 0 Å². The molecule has 6 heteroatoms. The van der Waals surface area contributed by atoms with Gasteiger partial charge in [-0.05, 0) is 17.7 Å². The molecule has 0 N–H and O–H groups in total.